The zero-order valence-corrected chi connectivity index (χ0v) is 91.7. The van der Waals surface area contributed by atoms with Crippen molar-refractivity contribution in [2.45, 2.75) is 21.4 Å². The quantitative estimate of drug-likeness (QED) is 0.113. The van der Waals surface area contributed by atoms with Crippen LogP contribution in [0.1, 0.15) is 0 Å². The molecule has 0 saturated heterocycles. The molecule has 0 aliphatic heterocycles. The molecule has 0 spiro atoms. The van der Waals surface area contributed by atoms with Crippen molar-refractivity contribution >= 4 is 745 Å². The SMILES string of the molecule is IC(I)C(I)(I)C(I)(I)C(I)(I)C(I)(I)C(I)(I)C(I)(I)C(I)(I)C(I)(I)C(I)(I)C(I)(I)C(I)(I)C(I)(I)C(I)(I)C(I)(I)C(I)(I)I. The first kappa shape index (κ1) is 73.1. The lowest BCUT2D eigenvalue weighted by atomic mass is 10.0. The molecule has 0 amide bonds. The second-order valence-corrected chi connectivity index (χ2v) is 99.2. The summed E-state index contributed by atoms with van der Waals surface area (Å²) in [6, 6.07) is 0. The smallest absolute Gasteiger partial charge is 0.0686 e. The van der Waals surface area contributed by atoms with E-state index in [1.54, 1.807) is 0 Å². The van der Waals surface area contributed by atoms with E-state index in [-0.39, 0.29) is 19.4 Å². The molecule has 0 unspecified atom stereocenters. The average molecular weight is 4380 g/mol. The van der Waals surface area contributed by atoms with Gasteiger partial charge in [-0.15, -0.1) is 0 Å². The van der Waals surface area contributed by atoms with Crippen LogP contribution in [0.2, 0.25) is 0 Å². The van der Waals surface area contributed by atoms with Gasteiger partial charge in [-0.1, -0.05) is 745 Å². The molecule has 0 bridgehead atoms. The summed E-state index contributed by atoms with van der Waals surface area (Å²) < 4.78 is -1.70. The third-order valence-corrected chi connectivity index (χ3v) is 120. The third kappa shape index (κ3) is 14.5. The maximum atomic E-state index is 2.85. The summed E-state index contributed by atoms with van der Waals surface area (Å²) in [6.07, 6.45) is 0. The molecule has 0 heterocycles. The van der Waals surface area contributed by atoms with Crippen molar-refractivity contribution in [2.24, 2.45) is 0 Å². The van der Waals surface area contributed by atoms with E-state index < -0.39 is 0 Å². The van der Waals surface area contributed by atoms with Crippen molar-refractivity contribution in [1.82, 2.24) is 0 Å². The van der Waals surface area contributed by atoms with Crippen LogP contribution in [0.5, 0.6) is 0 Å². The van der Waals surface area contributed by atoms with Gasteiger partial charge in [-0.2, -0.15) is 0 Å². The Balaban J connectivity index is 7.66. The Morgan fingerprint density at radius 1 is 0.184 bits per heavy atom. The molecule has 0 aromatic carbocycles. The van der Waals surface area contributed by atoms with E-state index in [0.29, 0.717) is 1.93 Å². The summed E-state index contributed by atoms with van der Waals surface area (Å²) in [4.78, 5) is 0. The first-order valence-electron chi connectivity index (χ1n) is 10.1. The predicted octanol–water partition coefficient (Wildman–Crippen LogP) is 26.1. The van der Waals surface area contributed by atoms with Gasteiger partial charge in [0.15, 0.2) is 0 Å². The lowest BCUT2D eigenvalue weighted by molar-refractivity contribution is 0.617. The first-order chi connectivity index (χ1) is 20.4. The second kappa shape index (κ2) is 26.6. The minimum absolute atomic E-state index is 0.00939. The Hall–Kier alpha value is 24.1. The fourth-order valence-electron chi connectivity index (χ4n) is 2.69. The molecule has 0 aliphatic rings. The third-order valence-electron chi connectivity index (χ3n) is 5.78. The normalized spacial score (nSPS) is 17.3. The van der Waals surface area contributed by atoms with Crippen LogP contribution in [-0.2, 0) is 0 Å². The topological polar surface area (TPSA) is 0 Å². The summed E-state index contributed by atoms with van der Waals surface area (Å²) in [7, 11) is 0. The van der Waals surface area contributed by atoms with Gasteiger partial charge in [-0.3, -0.25) is 0 Å². The van der Waals surface area contributed by atoms with Crippen molar-refractivity contribution in [3.8, 4) is 0 Å². The molecule has 0 saturated carbocycles. The number of hydrogen-bond donors (Lipinski definition) is 0. The summed E-state index contributed by atoms with van der Waals surface area (Å²) in [5, 5.41) is 0. The standard InChI is InChI=1S/C16HI33/c17-1(18)2(19,20)3(21,22)4(23,24)5(25,26)6(27,28)7(29,30)8(31,32)9(33,34)10(35,36)11(37,38)12(39,40)13(41,42)14(43,44)15(45,46)16(47,48)49/h1H. The molecule has 0 fully saturated rings. The molecule has 0 aromatic heterocycles. The maximum absolute atomic E-state index is 2.85. The summed E-state index contributed by atoms with van der Waals surface area (Å²) in [5.41, 5.74) is 0. The van der Waals surface area contributed by atoms with Crippen molar-refractivity contribution in [3.63, 3.8) is 0 Å². The number of rotatable bonds is 15. The van der Waals surface area contributed by atoms with Crippen LogP contribution in [-0.4, -0.2) is 21.4 Å². The fourth-order valence-corrected chi connectivity index (χ4v) is 56.0. The summed E-state index contributed by atoms with van der Waals surface area (Å²) >= 11 is 91.7. The van der Waals surface area contributed by atoms with E-state index in [4.69, 9.17) is 0 Å². The Bertz CT molecular complexity index is 1190. The number of alkyl halides is 33. The van der Waals surface area contributed by atoms with Crippen LogP contribution in [0.15, 0.2) is 0 Å². The van der Waals surface area contributed by atoms with Crippen LogP contribution in [0.3, 0.4) is 0 Å². The molecule has 0 N–H and O–H groups in total. The van der Waals surface area contributed by atoms with Gasteiger partial charge in [-0.05, 0) is 0 Å². The van der Waals surface area contributed by atoms with Gasteiger partial charge in [0.25, 0.3) is 0 Å². The van der Waals surface area contributed by atoms with Crippen molar-refractivity contribution < 1.29 is 0 Å². The van der Waals surface area contributed by atoms with E-state index in [2.05, 4.69) is 745 Å². The van der Waals surface area contributed by atoms with Gasteiger partial charge >= 0.3 is 0 Å². The summed E-state index contributed by atoms with van der Waals surface area (Å²) in [5.74, 6) is 0. The Morgan fingerprint density at radius 3 is 0.429 bits per heavy atom. The van der Waals surface area contributed by atoms with E-state index in [1.807, 2.05) is 0 Å². The minimum Gasteiger partial charge on any atom is -0.0686 e. The minimum atomic E-state index is -0.223. The molecule has 0 rings (SSSR count). The van der Waals surface area contributed by atoms with Gasteiger partial charge in [0, 0.05) is 0 Å². The summed E-state index contributed by atoms with van der Waals surface area (Å²) in [6.45, 7) is 0. The van der Waals surface area contributed by atoms with E-state index in [0.717, 1.165) is 0 Å². The van der Waals surface area contributed by atoms with Gasteiger partial charge in [0.2, 0.25) is 0 Å². The van der Waals surface area contributed by atoms with Crippen molar-refractivity contribution in [2.75, 3.05) is 0 Å². The highest BCUT2D eigenvalue weighted by Crippen LogP contribution is 2.84. The molecule has 49 heavy (non-hydrogen) atoms. The van der Waals surface area contributed by atoms with Crippen molar-refractivity contribution in [3.05, 3.63) is 0 Å². The zero-order chi connectivity index (χ0) is 41.1. The predicted molar refractivity (Wildman–Crippen MR) is 507 cm³/mol. The second-order valence-electron chi connectivity index (χ2n) is 8.89. The van der Waals surface area contributed by atoms with Crippen molar-refractivity contribution in [1.29, 1.82) is 0 Å². The number of halogens is 33. The molecule has 0 atom stereocenters. The lowest BCUT2D eigenvalue weighted by Crippen LogP contribution is -2.72. The Kier molecular flexibility index (Phi) is 39.6. The van der Waals surface area contributed by atoms with Gasteiger partial charge in [0.1, 0.15) is 19.4 Å². The highest BCUT2D eigenvalue weighted by Gasteiger charge is 2.82. The molecule has 296 valence electrons. The lowest BCUT2D eigenvalue weighted by Gasteiger charge is -2.62. The van der Waals surface area contributed by atoms with Gasteiger partial charge in [-0.25, -0.2) is 0 Å². The number of hydrogen-bond acceptors (Lipinski definition) is 0. The first-order valence-corrected chi connectivity index (χ1v) is 46.0. The van der Waals surface area contributed by atoms with Crippen LogP contribution in [0, 0.1) is 0 Å². The highest BCUT2D eigenvalue weighted by atomic mass is 127. The maximum Gasteiger partial charge on any atom is 0.149 e. The van der Waals surface area contributed by atoms with Gasteiger partial charge < -0.3 is 0 Å². The van der Waals surface area contributed by atoms with Gasteiger partial charge in [0.05, 0.1) is 1.93 Å². The van der Waals surface area contributed by atoms with E-state index in [1.165, 1.54) is 0 Å². The monoisotopic (exact) mass is 4380 g/mol. The van der Waals surface area contributed by atoms with E-state index in [9.17, 15) is 0 Å². The van der Waals surface area contributed by atoms with E-state index >= 15 is 0 Å². The largest absolute Gasteiger partial charge is 0.149 e. The Labute approximate surface area is 740 Å². The molecular formula is C16HI33. The molecular weight excluding hydrogens is 4380 g/mol. The average Bonchev–Trinajstić information content (AvgIpc) is 2.86. The van der Waals surface area contributed by atoms with Crippen LogP contribution >= 0.6 is 745 Å². The molecule has 0 aliphatic carbocycles. The van der Waals surface area contributed by atoms with Crippen LogP contribution in [0.25, 0.3) is 0 Å². The van der Waals surface area contributed by atoms with Crippen LogP contribution < -0.4 is 0 Å². The van der Waals surface area contributed by atoms with Crippen LogP contribution in [0.4, 0.5) is 0 Å². The molecule has 0 radical (unpaired) electrons. The fraction of sp³-hybridized carbons (Fsp3) is 1.00. The zero-order valence-electron chi connectivity index (χ0n) is 20.6. The highest BCUT2D eigenvalue weighted by molar-refractivity contribution is 14.3. The molecule has 33 heteroatoms. The molecule has 0 aromatic rings. The Morgan fingerprint density at radius 2 is 0.306 bits per heavy atom. The molecule has 0 nitrogen and oxygen atoms in total.